The maximum atomic E-state index is 14.5. The van der Waals surface area contributed by atoms with Gasteiger partial charge in [-0.25, -0.2) is 9.37 Å². The summed E-state index contributed by atoms with van der Waals surface area (Å²) in [6.07, 6.45) is 0. The van der Waals surface area contributed by atoms with Gasteiger partial charge in [0.05, 0.1) is 17.0 Å². The minimum Gasteiger partial charge on any atom is -0.454 e. The minimum absolute atomic E-state index is 0.0150. The van der Waals surface area contributed by atoms with Crippen molar-refractivity contribution in [2.24, 2.45) is 0 Å². The van der Waals surface area contributed by atoms with Crippen molar-refractivity contribution < 1.29 is 18.7 Å². The first kappa shape index (κ1) is 20.5. The number of carbonyl (C=O) groups is 1. The summed E-state index contributed by atoms with van der Waals surface area (Å²) in [6.45, 7) is 0.500. The molecule has 1 aliphatic heterocycles. The number of nitrogens with zero attached hydrogens (tertiary/aromatic N) is 2. The number of thioether (sulfide) groups is 1. The highest BCUT2D eigenvalue weighted by Gasteiger charge is 2.18. The lowest BCUT2D eigenvalue weighted by Crippen LogP contribution is -2.26. The predicted octanol–water partition coefficient (Wildman–Crippen LogP) is 3.72. The number of para-hydroxylation sites is 1. The van der Waals surface area contributed by atoms with Gasteiger partial charge in [0.2, 0.25) is 12.7 Å². The quantitative estimate of drug-likeness (QED) is 0.342. The average Bonchev–Trinajstić information content (AvgIpc) is 3.46. The van der Waals surface area contributed by atoms with Crippen LogP contribution in [0.2, 0.25) is 0 Å². The molecule has 10 heteroatoms. The van der Waals surface area contributed by atoms with Crippen molar-refractivity contribution in [1.29, 1.82) is 0 Å². The lowest BCUT2D eigenvalue weighted by Gasteiger charge is -2.13. The van der Waals surface area contributed by atoms with Crippen LogP contribution in [-0.4, -0.2) is 28.0 Å². The molecule has 5 rings (SSSR count). The van der Waals surface area contributed by atoms with E-state index in [2.05, 4.69) is 10.3 Å². The monoisotopic (exact) mass is 469 g/mol. The summed E-state index contributed by atoms with van der Waals surface area (Å²) >= 11 is 2.33. The number of amides is 1. The molecule has 162 valence electrons. The fourth-order valence-electron chi connectivity index (χ4n) is 3.27. The summed E-state index contributed by atoms with van der Waals surface area (Å²) in [4.78, 5) is 30.0. The smallest absolute Gasteiger partial charge is 0.276 e. The van der Waals surface area contributed by atoms with E-state index in [0.717, 1.165) is 17.3 Å². The van der Waals surface area contributed by atoms with E-state index in [1.54, 1.807) is 29.6 Å². The number of halogens is 1. The number of rotatable bonds is 6. The van der Waals surface area contributed by atoms with Crippen LogP contribution in [0.1, 0.15) is 5.56 Å². The van der Waals surface area contributed by atoms with Crippen LogP contribution < -0.4 is 20.3 Å². The molecule has 0 fully saturated rings. The molecular formula is C22H16FN3O4S2. The van der Waals surface area contributed by atoms with Crippen LogP contribution in [0, 0.1) is 5.82 Å². The van der Waals surface area contributed by atoms with Gasteiger partial charge in [0.1, 0.15) is 10.5 Å². The number of hydrogen-bond donors (Lipinski definition) is 1. The van der Waals surface area contributed by atoms with Crippen LogP contribution in [0.15, 0.2) is 63.9 Å². The van der Waals surface area contributed by atoms with Crippen LogP contribution in [0.5, 0.6) is 11.5 Å². The largest absolute Gasteiger partial charge is 0.454 e. The highest BCUT2D eigenvalue weighted by molar-refractivity contribution is 7.99. The highest BCUT2D eigenvalue weighted by Crippen LogP contribution is 2.32. The first-order chi connectivity index (χ1) is 15.6. The predicted molar refractivity (Wildman–Crippen MR) is 120 cm³/mol. The van der Waals surface area contributed by atoms with Crippen LogP contribution >= 0.6 is 23.1 Å². The Kier molecular flexibility index (Phi) is 5.54. The molecule has 2 aromatic heterocycles. The summed E-state index contributed by atoms with van der Waals surface area (Å²) in [7, 11) is 0. The van der Waals surface area contributed by atoms with Crippen molar-refractivity contribution in [2.75, 3.05) is 12.5 Å². The van der Waals surface area contributed by atoms with Gasteiger partial charge < -0.3 is 14.8 Å². The fourth-order valence-corrected chi connectivity index (χ4v) is 4.86. The molecule has 1 aliphatic rings. The molecule has 0 spiro atoms. The zero-order valence-electron chi connectivity index (χ0n) is 16.5. The van der Waals surface area contributed by atoms with E-state index in [-0.39, 0.29) is 34.9 Å². The second-order valence-corrected chi connectivity index (χ2v) is 8.73. The Bertz CT molecular complexity index is 1390. The number of thiophene rings is 1. The van der Waals surface area contributed by atoms with Crippen LogP contribution in [0.4, 0.5) is 4.39 Å². The van der Waals surface area contributed by atoms with Gasteiger partial charge in [0, 0.05) is 6.54 Å². The van der Waals surface area contributed by atoms with Crippen molar-refractivity contribution in [1.82, 2.24) is 14.9 Å². The number of hydrogen-bond acceptors (Lipinski definition) is 7. The summed E-state index contributed by atoms with van der Waals surface area (Å²) in [6, 6.07) is 13.2. The van der Waals surface area contributed by atoms with E-state index in [4.69, 9.17) is 9.47 Å². The van der Waals surface area contributed by atoms with Gasteiger partial charge in [-0.05, 0) is 41.3 Å². The number of benzene rings is 2. The standard InChI is InChI=1S/C22H16FN3O4S2/c23-14-3-1-2-4-16(14)26-21(28)20-15(7-8-31-20)25-22(26)32-11-19(27)24-10-13-5-6-17-18(9-13)30-12-29-17/h1-9H,10-12H2,(H,24,27). The molecule has 0 radical (unpaired) electrons. The molecule has 0 aliphatic carbocycles. The lowest BCUT2D eigenvalue weighted by atomic mass is 10.2. The SMILES string of the molecule is O=C(CSc1nc2ccsc2c(=O)n1-c1ccccc1F)NCc1ccc2c(c1)OCO2. The maximum absolute atomic E-state index is 14.5. The van der Waals surface area contributed by atoms with E-state index in [0.29, 0.717) is 28.3 Å². The molecule has 0 saturated heterocycles. The normalized spacial score (nSPS) is 12.3. The Hall–Kier alpha value is -3.37. The molecule has 1 N–H and O–H groups in total. The van der Waals surface area contributed by atoms with Crippen LogP contribution in [0.3, 0.4) is 0 Å². The number of ether oxygens (including phenoxy) is 2. The van der Waals surface area contributed by atoms with Gasteiger partial charge in [-0.2, -0.15) is 0 Å². The van der Waals surface area contributed by atoms with Crippen molar-refractivity contribution in [3.8, 4) is 17.2 Å². The molecule has 0 atom stereocenters. The molecule has 32 heavy (non-hydrogen) atoms. The first-order valence-corrected chi connectivity index (χ1v) is 11.5. The fraction of sp³-hybridized carbons (Fsp3) is 0.136. The average molecular weight is 470 g/mol. The zero-order valence-corrected chi connectivity index (χ0v) is 18.2. The summed E-state index contributed by atoms with van der Waals surface area (Å²) < 4.78 is 26.8. The third-order valence-electron chi connectivity index (χ3n) is 4.80. The van der Waals surface area contributed by atoms with Crippen molar-refractivity contribution >= 4 is 39.2 Å². The van der Waals surface area contributed by atoms with Crippen LogP contribution in [-0.2, 0) is 11.3 Å². The Labute approximate surface area is 189 Å². The second kappa shape index (κ2) is 8.64. The van der Waals surface area contributed by atoms with Gasteiger partial charge in [0.25, 0.3) is 5.56 Å². The van der Waals surface area contributed by atoms with Gasteiger partial charge in [0.15, 0.2) is 16.7 Å². The van der Waals surface area contributed by atoms with Gasteiger partial charge in [-0.15, -0.1) is 11.3 Å². The summed E-state index contributed by atoms with van der Waals surface area (Å²) in [5.41, 5.74) is 1.13. The summed E-state index contributed by atoms with van der Waals surface area (Å²) in [5, 5.41) is 4.85. The van der Waals surface area contributed by atoms with Gasteiger partial charge in [-0.1, -0.05) is 30.0 Å². The molecule has 7 nitrogen and oxygen atoms in total. The Balaban J connectivity index is 1.34. The second-order valence-electron chi connectivity index (χ2n) is 6.87. The van der Waals surface area contributed by atoms with Crippen molar-refractivity contribution in [2.45, 2.75) is 11.7 Å². The molecule has 0 bridgehead atoms. The van der Waals surface area contributed by atoms with Crippen molar-refractivity contribution in [3.63, 3.8) is 0 Å². The Morgan fingerprint density at radius 2 is 2.03 bits per heavy atom. The molecule has 1 amide bonds. The Morgan fingerprint density at radius 1 is 1.19 bits per heavy atom. The number of fused-ring (bicyclic) bond motifs is 2. The van der Waals surface area contributed by atoms with E-state index >= 15 is 0 Å². The lowest BCUT2D eigenvalue weighted by molar-refractivity contribution is -0.118. The zero-order chi connectivity index (χ0) is 22.1. The summed E-state index contributed by atoms with van der Waals surface area (Å²) in [5.74, 6) is 0.555. The molecule has 3 heterocycles. The van der Waals surface area contributed by atoms with Gasteiger partial charge in [-0.3, -0.25) is 14.2 Å². The third-order valence-corrected chi connectivity index (χ3v) is 6.63. The van der Waals surface area contributed by atoms with E-state index in [1.165, 1.54) is 28.0 Å². The number of nitrogens with one attached hydrogen (secondary N) is 1. The molecule has 2 aromatic carbocycles. The highest BCUT2D eigenvalue weighted by atomic mass is 32.2. The minimum atomic E-state index is -0.540. The Morgan fingerprint density at radius 3 is 2.91 bits per heavy atom. The van der Waals surface area contributed by atoms with E-state index < -0.39 is 5.82 Å². The maximum Gasteiger partial charge on any atom is 0.276 e. The number of aromatic nitrogens is 2. The third kappa shape index (κ3) is 3.94. The van der Waals surface area contributed by atoms with Crippen molar-refractivity contribution in [3.05, 3.63) is 75.6 Å². The van der Waals surface area contributed by atoms with E-state index in [9.17, 15) is 14.0 Å². The number of carbonyl (C=O) groups excluding carboxylic acids is 1. The van der Waals surface area contributed by atoms with E-state index in [1.807, 2.05) is 12.1 Å². The molecule has 0 unspecified atom stereocenters. The topological polar surface area (TPSA) is 82.5 Å². The molecule has 4 aromatic rings. The molecular weight excluding hydrogens is 453 g/mol. The first-order valence-electron chi connectivity index (χ1n) is 9.63. The molecule has 0 saturated carbocycles. The van der Waals surface area contributed by atoms with Gasteiger partial charge >= 0.3 is 0 Å². The van der Waals surface area contributed by atoms with Crippen LogP contribution in [0.25, 0.3) is 15.9 Å².